The van der Waals surface area contributed by atoms with E-state index in [0.717, 1.165) is 18.4 Å². The molecule has 1 aromatic heterocycles. The number of rotatable bonds is 4. The fourth-order valence-electron chi connectivity index (χ4n) is 3.18. The second-order valence-corrected chi connectivity index (χ2v) is 6.18. The predicted octanol–water partition coefficient (Wildman–Crippen LogP) is 1.49. The standard InChI is InChI=1S/C16H21N3O2/c1-3-13-14(20)18-16(2,12-4-5-12)15(21)19(13)10-11-6-8-17-9-7-11/h6-9,12-13H,3-5,10H2,1-2H3,(H,18,20). The zero-order valence-corrected chi connectivity index (χ0v) is 12.5. The van der Waals surface area contributed by atoms with Crippen molar-refractivity contribution in [1.29, 1.82) is 0 Å². The number of aromatic nitrogens is 1. The normalized spacial score (nSPS) is 29.4. The van der Waals surface area contributed by atoms with Gasteiger partial charge < -0.3 is 10.2 Å². The molecule has 1 saturated carbocycles. The molecular formula is C16H21N3O2. The zero-order valence-electron chi connectivity index (χ0n) is 12.5. The van der Waals surface area contributed by atoms with E-state index in [4.69, 9.17) is 0 Å². The largest absolute Gasteiger partial charge is 0.340 e. The molecule has 0 radical (unpaired) electrons. The first kappa shape index (κ1) is 14.0. The molecule has 1 aromatic rings. The molecule has 2 fully saturated rings. The third-order valence-electron chi connectivity index (χ3n) is 4.65. The molecule has 112 valence electrons. The van der Waals surface area contributed by atoms with Gasteiger partial charge in [0.2, 0.25) is 11.8 Å². The van der Waals surface area contributed by atoms with Crippen LogP contribution >= 0.6 is 0 Å². The first-order valence-corrected chi connectivity index (χ1v) is 7.58. The summed E-state index contributed by atoms with van der Waals surface area (Å²) in [5.74, 6) is 0.306. The topological polar surface area (TPSA) is 62.3 Å². The van der Waals surface area contributed by atoms with E-state index in [2.05, 4.69) is 10.3 Å². The van der Waals surface area contributed by atoms with Gasteiger partial charge in [-0.3, -0.25) is 14.6 Å². The lowest BCUT2D eigenvalue weighted by molar-refractivity contribution is -0.156. The van der Waals surface area contributed by atoms with E-state index in [1.807, 2.05) is 26.0 Å². The molecule has 1 saturated heterocycles. The maximum Gasteiger partial charge on any atom is 0.249 e. The van der Waals surface area contributed by atoms with Crippen LogP contribution in [0.15, 0.2) is 24.5 Å². The maximum atomic E-state index is 12.9. The Morgan fingerprint density at radius 3 is 2.57 bits per heavy atom. The van der Waals surface area contributed by atoms with E-state index in [1.165, 1.54) is 0 Å². The third-order valence-corrected chi connectivity index (χ3v) is 4.65. The second kappa shape index (κ2) is 5.13. The van der Waals surface area contributed by atoms with Gasteiger partial charge in [-0.25, -0.2) is 0 Å². The number of hydrogen-bond donors (Lipinski definition) is 1. The maximum absolute atomic E-state index is 12.9. The van der Waals surface area contributed by atoms with Crippen LogP contribution in [0.2, 0.25) is 0 Å². The zero-order chi connectivity index (χ0) is 15.0. The first-order valence-electron chi connectivity index (χ1n) is 7.58. The van der Waals surface area contributed by atoms with Crippen LogP contribution in [0.1, 0.15) is 38.7 Å². The molecule has 0 aromatic carbocycles. The Morgan fingerprint density at radius 2 is 2.00 bits per heavy atom. The number of piperazine rings is 1. The summed E-state index contributed by atoms with van der Waals surface area (Å²) in [5.41, 5.74) is 0.278. The van der Waals surface area contributed by atoms with Gasteiger partial charge in [-0.15, -0.1) is 0 Å². The summed E-state index contributed by atoms with van der Waals surface area (Å²) >= 11 is 0. The molecule has 1 N–H and O–H groups in total. The summed E-state index contributed by atoms with van der Waals surface area (Å²) < 4.78 is 0. The van der Waals surface area contributed by atoms with Gasteiger partial charge in [-0.1, -0.05) is 6.92 Å². The van der Waals surface area contributed by atoms with Crippen molar-refractivity contribution in [2.24, 2.45) is 5.92 Å². The van der Waals surface area contributed by atoms with E-state index >= 15 is 0 Å². The van der Waals surface area contributed by atoms with Gasteiger partial charge in [0.25, 0.3) is 0 Å². The van der Waals surface area contributed by atoms with Crippen LogP contribution in [0.4, 0.5) is 0 Å². The van der Waals surface area contributed by atoms with E-state index in [-0.39, 0.29) is 23.8 Å². The van der Waals surface area contributed by atoms with E-state index in [1.54, 1.807) is 17.3 Å². The summed E-state index contributed by atoms with van der Waals surface area (Å²) in [6.45, 7) is 4.28. The Bertz CT molecular complexity index is 556. The molecule has 2 aliphatic rings. The van der Waals surface area contributed by atoms with Crippen LogP contribution in [-0.2, 0) is 16.1 Å². The van der Waals surface area contributed by atoms with Crippen molar-refractivity contribution in [3.05, 3.63) is 30.1 Å². The summed E-state index contributed by atoms with van der Waals surface area (Å²) in [4.78, 5) is 31.1. The van der Waals surface area contributed by atoms with Gasteiger partial charge in [-0.05, 0) is 49.8 Å². The molecule has 2 atom stereocenters. The SMILES string of the molecule is CCC1C(=O)NC(C)(C2CC2)C(=O)N1Cc1ccncc1. The summed E-state index contributed by atoms with van der Waals surface area (Å²) in [7, 11) is 0. The molecule has 0 bridgehead atoms. The van der Waals surface area contributed by atoms with Gasteiger partial charge in [-0.2, -0.15) is 0 Å². The molecule has 2 amide bonds. The number of nitrogens with one attached hydrogen (secondary N) is 1. The van der Waals surface area contributed by atoms with Crippen LogP contribution in [0.5, 0.6) is 0 Å². The minimum absolute atomic E-state index is 0.0273. The summed E-state index contributed by atoms with van der Waals surface area (Å²) in [6, 6.07) is 3.40. The number of hydrogen-bond acceptors (Lipinski definition) is 3. The average molecular weight is 287 g/mol. The fourth-order valence-corrected chi connectivity index (χ4v) is 3.18. The quantitative estimate of drug-likeness (QED) is 0.912. The molecular weight excluding hydrogens is 266 g/mol. The molecule has 5 heteroatoms. The molecule has 0 spiro atoms. The van der Waals surface area contributed by atoms with E-state index in [9.17, 15) is 9.59 Å². The van der Waals surface area contributed by atoms with Gasteiger partial charge >= 0.3 is 0 Å². The highest BCUT2D eigenvalue weighted by molar-refractivity contribution is 6.00. The fraction of sp³-hybridized carbons (Fsp3) is 0.562. The molecule has 2 unspecified atom stereocenters. The second-order valence-electron chi connectivity index (χ2n) is 6.18. The van der Waals surface area contributed by atoms with Gasteiger partial charge in [0, 0.05) is 18.9 Å². The molecule has 5 nitrogen and oxygen atoms in total. The number of carbonyl (C=O) groups excluding carboxylic acids is 2. The van der Waals surface area contributed by atoms with Crippen molar-refractivity contribution in [2.45, 2.75) is 51.2 Å². The Labute approximate surface area is 124 Å². The predicted molar refractivity (Wildman–Crippen MR) is 78.1 cm³/mol. The van der Waals surface area contributed by atoms with E-state index < -0.39 is 5.54 Å². The highest BCUT2D eigenvalue weighted by Crippen LogP contribution is 2.42. The lowest BCUT2D eigenvalue weighted by atomic mass is 9.88. The number of amides is 2. The van der Waals surface area contributed by atoms with Crippen molar-refractivity contribution in [3.63, 3.8) is 0 Å². The van der Waals surface area contributed by atoms with Crippen molar-refractivity contribution >= 4 is 11.8 Å². The van der Waals surface area contributed by atoms with Gasteiger partial charge in [0.05, 0.1) is 0 Å². The summed E-state index contributed by atoms with van der Waals surface area (Å²) in [6.07, 6.45) is 6.09. The number of nitrogens with zero attached hydrogens (tertiary/aromatic N) is 2. The van der Waals surface area contributed by atoms with Crippen molar-refractivity contribution in [2.75, 3.05) is 0 Å². The van der Waals surface area contributed by atoms with Gasteiger partial charge in [0.1, 0.15) is 11.6 Å². The van der Waals surface area contributed by atoms with Crippen molar-refractivity contribution in [1.82, 2.24) is 15.2 Å². The molecule has 2 heterocycles. The number of carbonyl (C=O) groups is 2. The Balaban J connectivity index is 1.89. The average Bonchev–Trinajstić information content (AvgIpc) is 3.31. The van der Waals surface area contributed by atoms with Crippen LogP contribution in [0.25, 0.3) is 0 Å². The lowest BCUT2D eigenvalue weighted by Crippen LogP contribution is -2.69. The highest BCUT2D eigenvalue weighted by Gasteiger charge is 2.54. The van der Waals surface area contributed by atoms with Crippen molar-refractivity contribution in [3.8, 4) is 0 Å². The minimum atomic E-state index is -0.726. The monoisotopic (exact) mass is 287 g/mol. The van der Waals surface area contributed by atoms with Crippen LogP contribution in [0, 0.1) is 5.92 Å². The van der Waals surface area contributed by atoms with E-state index in [0.29, 0.717) is 13.0 Å². The third kappa shape index (κ3) is 2.41. The minimum Gasteiger partial charge on any atom is -0.340 e. The van der Waals surface area contributed by atoms with Crippen LogP contribution in [0.3, 0.4) is 0 Å². The number of pyridine rings is 1. The van der Waals surface area contributed by atoms with Crippen molar-refractivity contribution < 1.29 is 9.59 Å². The Kier molecular flexibility index (Phi) is 3.43. The Hall–Kier alpha value is -1.91. The van der Waals surface area contributed by atoms with Crippen LogP contribution < -0.4 is 5.32 Å². The molecule has 21 heavy (non-hydrogen) atoms. The molecule has 1 aliphatic heterocycles. The first-order chi connectivity index (χ1) is 10.1. The van der Waals surface area contributed by atoms with Crippen LogP contribution in [-0.4, -0.2) is 33.3 Å². The smallest absolute Gasteiger partial charge is 0.249 e. The highest BCUT2D eigenvalue weighted by atomic mass is 16.2. The molecule has 1 aliphatic carbocycles. The van der Waals surface area contributed by atoms with Gasteiger partial charge in [0.15, 0.2) is 0 Å². The Morgan fingerprint density at radius 1 is 1.33 bits per heavy atom. The lowest BCUT2D eigenvalue weighted by Gasteiger charge is -2.44. The summed E-state index contributed by atoms with van der Waals surface area (Å²) in [5, 5.41) is 2.98. The molecule has 3 rings (SSSR count).